The number of hydrogen-bond acceptors (Lipinski definition) is 5. The monoisotopic (exact) mass is 396 g/mol. The number of aromatic nitrogens is 2. The minimum Gasteiger partial charge on any atom is -0.497 e. The Balaban J connectivity index is 1.44. The molecule has 0 aliphatic carbocycles. The second kappa shape index (κ2) is 8.03. The van der Waals surface area contributed by atoms with Gasteiger partial charge < -0.3 is 15.0 Å². The van der Waals surface area contributed by atoms with Gasteiger partial charge in [0.1, 0.15) is 11.6 Å². The van der Waals surface area contributed by atoms with Gasteiger partial charge in [0.05, 0.1) is 12.6 Å². The SMILES string of the molecule is COc1ccc(CNc2nc(N3CCc4ccccc4C3)nc3ccccc23)cc1. The van der Waals surface area contributed by atoms with Crippen LogP contribution in [-0.4, -0.2) is 23.6 Å². The average molecular weight is 396 g/mol. The van der Waals surface area contributed by atoms with Crippen molar-refractivity contribution in [2.75, 3.05) is 23.9 Å². The van der Waals surface area contributed by atoms with Crippen LogP contribution in [0.2, 0.25) is 0 Å². The molecule has 0 spiro atoms. The summed E-state index contributed by atoms with van der Waals surface area (Å²) >= 11 is 0. The fraction of sp³-hybridized carbons (Fsp3) is 0.200. The predicted octanol–water partition coefficient (Wildman–Crippen LogP) is 4.81. The fourth-order valence-electron chi connectivity index (χ4n) is 3.94. The summed E-state index contributed by atoms with van der Waals surface area (Å²) in [6.45, 7) is 2.45. The minimum absolute atomic E-state index is 0.688. The maximum absolute atomic E-state index is 5.25. The van der Waals surface area contributed by atoms with Crippen LogP contribution in [0.3, 0.4) is 0 Å². The molecule has 1 aliphatic heterocycles. The van der Waals surface area contributed by atoms with E-state index in [0.717, 1.165) is 47.9 Å². The summed E-state index contributed by atoms with van der Waals surface area (Å²) in [6, 6.07) is 24.9. The van der Waals surface area contributed by atoms with E-state index >= 15 is 0 Å². The standard InChI is InChI=1S/C25H24N4O/c1-30-21-12-10-18(11-13-21)16-26-24-22-8-4-5-9-23(22)27-25(28-24)29-15-14-19-6-2-3-7-20(19)17-29/h2-13H,14-17H2,1H3,(H,26,27,28). The Bertz CT molecular complexity index is 1170. The minimum atomic E-state index is 0.688. The number of benzene rings is 3. The third-order valence-corrected chi connectivity index (χ3v) is 5.62. The van der Waals surface area contributed by atoms with E-state index in [1.54, 1.807) is 7.11 Å². The second-order valence-electron chi connectivity index (χ2n) is 7.53. The van der Waals surface area contributed by atoms with Gasteiger partial charge in [0.2, 0.25) is 5.95 Å². The first-order chi connectivity index (χ1) is 14.8. The van der Waals surface area contributed by atoms with Crippen molar-refractivity contribution in [3.63, 3.8) is 0 Å². The Hall–Kier alpha value is -3.60. The Morgan fingerprint density at radius 2 is 1.67 bits per heavy atom. The lowest BCUT2D eigenvalue weighted by Crippen LogP contribution is -2.31. The van der Waals surface area contributed by atoms with Gasteiger partial charge in [-0.25, -0.2) is 4.98 Å². The zero-order valence-corrected chi connectivity index (χ0v) is 17.0. The topological polar surface area (TPSA) is 50.3 Å². The Kier molecular flexibility index (Phi) is 4.93. The number of rotatable bonds is 5. The second-order valence-corrected chi connectivity index (χ2v) is 7.53. The summed E-state index contributed by atoms with van der Waals surface area (Å²) in [4.78, 5) is 12.1. The van der Waals surface area contributed by atoms with E-state index in [0.29, 0.717) is 6.54 Å². The van der Waals surface area contributed by atoms with Crippen LogP contribution >= 0.6 is 0 Å². The van der Waals surface area contributed by atoms with Crippen molar-refractivity contribution in [1.82, 2.24) is 9.97 Å². The number of para-hydroxylation sites is 1. The maximum atomic E-state index is 5.25. The van der Waals surface area contributed by atoms with Gasteiger partial charge in [-0.05, 0) is 47.4 Å². The molecule has 0 amide bonds. The highest BCUT2D eigenvalue weighted by Gasteiger charge is 2.19. The van der Waals surface area contributed by atoms with Crippen molar-refractivity contribution in [3.05, 3.63) is 89.5 Å². The molecule has 1 N–H and O–H groups in total. The van der Waals surface area contributed by atoms with E-state index in [-0.39, 0.29) is 0 Å². The number of fused-ring (bicyclic) bond motifs is 2. The van der Waals surface area contributed by atoms with E-state index in [4.69, 9.17) is 14.7 Å². The quantitative estimate of drug-likeness (QED) is 0.524. The summed E-state index contributed by atoms with van der Waals surface area (Å²) in [5.74, 6) is 2.50. The van der Waals surface area contributed by atoms with E-state index < -0.39 is 0 Å². The third kappa shape index (κ3) is 3.66. The Labute approximate surface area is 176 Å². The number of nitrogens with zero attached hydrogens (tertiary/aromatic N) is 3. The average Bonchev–Trinajstić information content (AvgIpc) is 2.82. The molecule has 0 saturated heterocycles. The summed E-state index contributed by atoms with van der Waals surface area (Å²) in [6.07, 6.45) is 1.01. The summed E-state index contributed by atoms with van der Waals surface area (Å²) in [5.41, 5.74) is 4.91. The van der Waals surface area contributed by atoms with Crippen LogP contribution in [0.1, 0.15) is 16.7 Å². The zero-order chi connectivity index (χ0) is 20.3. The molecule has 4 aromatic rings. The molecule has 0 fully saturated rings. The van der Waals surface area contributed by atoms with Gasteiger partial charge in [0.15, 0.2) is 0 Å². The first-order valence-corrected chi connectivity index (χ1v) is 10.3. The number of nitrogens with one attached hydrogen (secondary N) is 1. The van der Waals surface area contributed by atoms with Crippen LogP contribution in [0.15, 0.2) is 72.8 Å². The van der Waals surface area contributed by atoms with Gasteiger partial charge in [-0.15, -0.1) is 0 Å². The molecule has 0 bridgehead atoms. The lowest BCUT2D eigenvalue weighted by atomic mass is 10.0. The van der Waals surface area contributed by atoms with E-state index in [2.05, 4.69) is 58.7 Å². The summed E-state index contributed by atoms with van der Waals surface area (Å²) in [7, 11) is 1.68. The molecular weight excluding hydrogens is 372 g/mol. The molecule has 0 unspecified atom stereocenters. The van der Waals surface area contributed by atoms with Crippen molar-refractivity contribution < 1.29 is 4.74 Å². The molecule has 5 heteroatoms. The van der Waals surface area contributed by atoms with Crippen molar-refractivity contribution in [2.24, 2.45) is 0 Å². The lowest BCUT2D eigenvalue weighted by molar-refractivity contribution is 0.414. The van der Waals surface area contributed by atoms with Crippen LogP contribution in [-0.2, 0) is 19.5 Å². The number of hydrogen-bond donors (Lipinski definition) is 1. The summed E-state index contributed by atoms with van der Waals surface area (Å²) in [5, 5.41) is 4.56. The molecule has 150 valence electrons. The van der Waals surface area contributed by atoms with Gasteiger partial charge >= 0.3 is 0 Å². The van der Waals surface area contributed by atoms with Crippen molar-refractivity contribution in [2.45, 2.75) is 19.5 Å². The number of methoxy groups -OCH3 is 1. The van der Waals surface area contributed by atoms with E-state index in [1.165, 1.54) is 16.7 Å². The smallest absolute Gasteiger partial charge is 0.228 e. The van der Waals surface area contributed by atoms with Crippen LogP contribution in [0, 0.1) is 0 Å². The molecule has 0 saturated carbocycles. The summed E-state index contributed by atoms with van der Waals surface area (Å²) < 4.78 is 5.25. The Morgan fingerprint density at radius 1 is 0.900 bits per heavy atom. The first kappa shape index (κ1) is 18.4. The highest BCUT2D eigenvalue weighted by Crippen LogP contribution is 2.27. The third-order valence-electron chi connectivity index (χ3n) is 5.62. The molecule has 1 aliphatic rings. The van der Waals surface area contributed by atoms with Crippen molar-refractivity contribution >= 4 is 22.7 Å². The van der Waals surface area contributed by atoms with Crippen LogP contribution in [0.25, 0.3) is 10.9 Å². The molecule has 30 heavy (non-hydrogen) atoms. The molecule has 3 aromatic carbocycles. The van der Waals surface area contributed by atoms with E-state index in [1.807, 2.05) is 24.3 Å². The molecule has 5 rings (SSSR count). The molecule has 2 heterocycles. The van der Waals surface area contributed by atoms with Gasteiger partial charge in [-0.3, -0.25) is 0 Å². The molecule has 1 aromatic heterocycles. The predicted molar refractivity (Wildman–Crippen MR) is 121 cm³/mol. The van der Waals surface area contributed by atoms with Crippen molar-refractivity contribution in [1.29, 1.82) is 0 Å². The highest BCUT2D eigenvalue weighted by atomic mass is 16.5. The van der Waals surface area contributed by atoms with Gasteiger partial charge in [-0.1, -0.05) is 48.5 Å². The number of anilines is 2. The zero-order valence-electron chi connectivity index (χ0n) is 17.0. The maximum Gasteiger partial charge on any atom is 0.228 e. The first-order valence-electron chi connectivity index (χ1n) is 10.3. The molecular formula is C25H24N4O. The largest absolute Gasteiger partial charge is 0.497 e. The van der Waals surface area contributed by atoms with Gasteiger partial charge in [0.25, 0.3) is 0 Å². The van der Waals surface area contributed by atoms with E-state index in [9.17, 15) is 0 Å². The van der Waals surface area contributed by atoms with Crippen LogP contribution < -0.4 is 15.0 Å². The van der Waals surface area contributed by atoms with Gasteiger partial charge in [0, 0.05) is 25.0 Å². The highest BCUT2D eigenvalue weighted by molar-refractivity contribution is 5.90. The van der Waals surface area contributed by atoms with Crippen molar-refractivity contribution in [3.8, 4) is 5.75 Å². The van der Waals surface area contributed by atoms with Gasteiger partial charge in [-0.2, -0.15) is 4.98 Å². The molecule has 0 radical (unpaired) electrons. The molecule has 5 nitrogen and oxygen atoms in total. The number of ether oxygens (including phenoxy) is 1. The normalized spacial score (nSPS) is 13.2. The molecule has 0 atom stereocenters. The Morgan fingerprint density at radius 3 is 2.50 bits per heavy atom. The van der Waals surface area contributed by atoms with Crippen LogP contribution in [0.5, 0.6) is 5.75 Å². The lowest BCUT2D eigenvalue weighted by Gasteiger charge is -2.29. The fourth-order valence-corrected chi connectivity index (χ4v) is 3.94. The van der Waals surface area contributed by atoms with Crippen LogP contribution in [0.4, 0.5) is 11.8 Å².